The summed E-state index contributed by atoms with van der Waals surface area (Å²) < 4.78 is 11.0. The van der Waals surface area contributed by atoms with Gasteiger partial charge in [0.1, 0.15) is 0 Å². The van der Waals surface area contributed by atoms with E-state index in [4.69, 9.17) is 9.47 Å². The molecule has 0 aliphatic heterocycles. The highest BCUT2D eigenvalue weighted by atomic mass is 16.5. The van der Waals surface area contributed by atoms with Crippen LogP contribution in [-0.2, 0) is 9.47 Å². The smallest absolute Gasteiger partial charge is 0.339 e. The van der Waals surface area contributed by atoms with Crippen LogP contribution in [0.4, 0.5) is 0 Å². The SMILES string of the molecule is CCOC(=O)c1c(-c2ccccc2)c(C(=O)OCC)c2ccccc2c1-c1ccccc1. The van der Waals surface area contributed by atoms with Gasteiger partial charge in [0.15, 0.2) is 0 Å². The molecule has 0 saturated heterocycles. The van der Waals surface area contributed by atoms with Gasteiger partial charge in [-0.25, -0.2) is 9.59 Å². The van der Waals surface area contributed by atoms with Crippen molar-refractivity contribution >= 4 is 22.7 Å². The molecule has 0 atom stereocenters. The average Bonchev–Trinajstić information content (AvgIpc) is 2.83. The van der Waals surface area contributed by atoms with Crippen LogP contribution in [0.5, 0.6) is 0 Å². The lowest BCUT2D eigenvalue weighted by molar-refractivity contribution is 0.0528. The van der Waals surface area contributed by atoms with Crippen molar-refractivity contribution in [1.29, 1.82) is 0 Å². The topological polar surface area (TPSA) is 52.6 Å². The van der Waals surface area contributed by atoms with Gasteiger partial charge in [-0.15, -0.1) is 0 Å². The molecule has 0 N–H and O–H groups in total. The minimum absolute atomic E-state index is 0.225. The van der Waals surface area contributed by atoms with Gasteiger partial charge in [0, 0.05) is 11.1 Å². The first kappa shape index (κ1) is 21.3. The van der Waals surface area contributed by atoms with Crippen LogP contribution in [0.2, 0.25) is 0 Å². The zero-order valence-corrected chi connectivity index (χ0v) is 18.1. The van der Waals surface area contributed by atoms with Crippen molar-refractivity contribution < 1.29 is 19.1 Å². The first-order valence-corrected chi connectivity index (χ1v) is 10.7. The Bertz CT molecular complexity index is 1260. The molecule has 0 heterocycles. The van der Waals surface area contributed by atoms with Crippen LogP contribution < -0.4 is 0 Å². The number of ether oxygens (including phenoxy) is 2. The van der Waals surface area contributed by atoms with E-state index in [9.17, 15) is 9.59 Å². The fraction of sp³-hybridized carbons (Fsp3) is 0.143. The van der Waals surface area contributed by atoms with E-state index >= 15 is 0 Å². The van der Waals surface area contributed by atoms with E-state index in [0.717, 1.165) is 27.5 Å². The fourth-order valence-corrected chi connectivity index (χ4v) is 4.06. The number of fused-ring (bicyclic) bond motifs is 1. The number of carbonyl (C=O) groups is 2. The number of rotatable bonds is 6. The van der Waals surface area contributed by atoms with Gasteiger partial charge in [0.05, 0.1) is 24.3 Å². The lowest BCUT2D eigenvalue weighted by Gasteiger charge is -2.21. The predicted molar refractivity (Wildman–Crippen MR) is 127 cm³/mol. The van der Waals surface area contributed by atoms with Crippen LogP contribution in [0.15, 0.2) is 84.9 Å². The second-order valence-corrected chi connectivity index (χ2v) is 7.22. The second kappa shape index (κ2) is 9.48. The van der Waals surface area contributed by atoms with E-state index in [0.29, 0.717) is 16.7 Å². The van der Waals surface area contributed by atoms with Crippen LogP contribution in [-0.4, -0.2) is 25.2 Å². The minimum Gasteiger partial charge on any atom is -0.462 e. The highest BCUT2D eigenvalue weighted by molar-refractivity contribution is 6.21. The summed E-state index contributed by atoms with van der Waals surface area (Å²) in [5, 5.41) is 1.53. The summed E-state index contributed by atoms with van der Waals surface area (Å²) in [6.45, 7) is 4.00. The van der Waals surface area contributed by atoms with Crippen LogP contribution in [0.25, 0.3) is 33.0 Å². The Kier molecular flexibility index (Phi) is 6.31. The van der Waals surface area contributed by atoms with Crippen LogP contribution in [0.3, 0.4) is 0 Å². The van der Waals surface area contributed by atoms with Crippen LogP contribution in [0.1, 0.15) is 34.6 Å². The molecular formula is C28H24O4. The van der Waals surface area contributed by atoms with E-state index in [1.54, 1.807) is 13.8 Å². The number of carbonyl (C=O) groups excluding carboxylic acids is 2. The van der Waals surface area contributed by atoms with Gasteiger partial charge < -0.3 is 9.47 Å². The maximum absolute atomic E-state index is 13.4. The average molecular weight is 424 g/mol. The molecule has 0 saturated carbocycles. The molecule has 4 rings (SSSR count). The van der Waals surface area contributed by atoms with Crippen molar-refractivity contribution in [2.75, 3.05) is 13.2 Å². The van der Waals surface area contributed by atoms with Crippen molar-refractivity contribution in [1.82, 2.24) is 0 Å². The third-order valence-corrected chi connectivity index (χ3v) is 5.30. The molecule has 0 aromatic heterocycles. The molecule has 0 aliphatic rings. The van der Waals surface area contributed by atoms with E-state index in [-0.39, 0.29) is 13.2 Å². The monoisotopic (exact) mass is 424 g/mol. The lowest BCUT2D eigenvalue weighted by Crippen LogP contribution is -2.15. The van der Waals surface area contributed by atoms with Gasteiger partial charge in [0.25, 0.3) is 0 Å². The maximum atomic E-state index is 13.4. The van der Waals surface area contributed by atoms with Crippen molar-refractivity contribution in [2.24, 2.45) is 0 Å². The summed E-state index contributed by atoms with van der Waals surface area (Å²) in [4.78, 5) is 26.7. The van der Waals surface area contributed by atoms with Crippen molar-refractivity contribution in [3.8, 4) is 22.3 Å². The van der Waals surface area contributed by atoms with E-state index in [1.807, 2.05) is 84.9 Å². The summed E-state index contributed by atoms with van der Waals surface area (Å²) in [6.07, 6.45) is 0. The molecule has 32 heavy (non-hydrogen) atoms. The lowest BCUT2D eigenvalue weighted by atomic mass is 9.83. The Morgan fingerprint density at radius 1 is 0.562 bits per heavy atom. The zero-order chi connectivity index (χ0) is 22.5. The molecule has 0 radical (unpaired) electrons. The first-order chi connectivity index (χ1) is 15.7. The van der Waals surface area contributed by atoms with Gasteiger partial charge in [-0.3, -0.25) is 0 Å². The maximum Gasteiger partial charge on any atom is 0.339 e. The molecule has 160 valence electrons. The number of hydrogen-bond acceptors (Lipinski definition) is 4. The Hall–Kier alpha value is -3.92. The van der Waals surface area contributed by atoms with Crippen molar-refractivity contribution in [2.45, 2.75) is 13.8 Å². The second-order valence-electron chi connectivity index (χ2n) is 7.22. The van der Waals surface area contributed by atoms with Crippen LogP contribution >= 0.6 is 0 Å². The fourth-order valence-electron chi connectivity index (χ4n) is 4.06. The summed E-state index contributed by atoms with van der Waals surface area (Å²) >= 11 is 0. The molecule has 0 aliphatic carbocycles. The predicted octanol–water partition coefficient (Wildman–Crippen LogP) is 6.53. The summed E-state index contributed by atoms with van der Waals surface area (Å²) in [5.74, 6) is -0.936. The number of esters is 2. The number of hydrogen-bond donors (Lipinski definition) is 0. The molecule has 4 aromatic carbocycles. The first-order valence-electron chi connectivity index (χ1n) is 10.7. The Morgan fingerprint density at radius 2 is 1.00 bits per heavy atom. The molecule has 4 heteroatoms. The minimum atomic E-state index is -0.471. The quantitative estimate of drug-likeness (QED) is 0.330. The van der Waals surface area contributed by atoms with E-state index in [1.165, 1.54) is 0 Å². The van der Waals surface area contributed by atoms with Crippen molar-refractivity contribution in [3.05, 3.63) is 96.1 Å². The number of benzene rings is 4. The Balaban J connectivity index is 2.25. The standard InChI is InChI=1S/C28H24O4/c1-3-31-27(29)25-22-18-12-11-17-21(22)23(19-13-7-5-8-14-19)26(28(30)32-4-2)24(25)20-15-9-6-10-16-20/h5-18H,3-4H2,1-2H3. The van der Waals surface area contributed by atoms with Crippen molar-refractivity contribution in [3.63, 3.8) is 0 Å². The molecule has 0 fully saturated rings. The third-order valence-electron chi connectivity index (χ3n) is 5.30. The van der Waals surface area contributed by atoms with E-state index < -0.39 is 11.9 Å². The molecule has 0 bridgehead atoms. The third kappa shape index (κ3) is 3.87. The Morgan fingerprint density at radius 3 is 1.53 bits per heavy atom. The largest absolute Gasteiger partial charge is 0.462 e. The molecule has 0 unspecified atom stereocenters. The highest BCUT2D eigenvalue weighted by Crippen LogP contribution is 2.42. The van der Waals surface area contributed by atoms with Gasteiger partial charge in [-0.05, 0) is 35.7 Å². The highest BCUT2D eigenvalue weighted by Gasteiger charge is 2.29. The molecule has 0 spiro atoms. The molecule has 4 aromatic rings. The van der Waals surface area contributed by atoms with Gasteiger partial charge in [0.2, 0.25) is 0 Å². The molecule has 0 amide bonds. The summed E-state index contributed by atoms with van der Waals surface area (Å²) in [7, 11) is 0. The van der Waals surface area contributed by atoms with Gasteiger partial charge in [-0.1, -0.05) is 84.9 Å². The molecule has 4 nitrogen and oxygen atoms in total. The molecular weight excluding hydrogens is 400 g/mol. The summed E-state index contributed by atoms with van der Waals surface area (Å²) in [6, 6.07) is 26.8. The van der Waals surface area contributed by atoms with Crippen LogP contribution in [0, 0.1) is 0 Å². The zero-order valence-electron chi connectivity index (χ0n) is 18.1. The Labute approximate surface area is 187 Å². The summed E-state index contributed by atoms with van der Waals surface area (Å²) in [5.41, 5.74) is 3.63. The normalized spacial score (nSPS) is 10.7. The van der Waals surface area contributed by atoms with Gasteiger partial charge >= 0.3 is 11.9 Å². The van der Waals surface area contributed by atoms with Gasteiger partial charge in [-0.2, -0.15) is 0 Å². The van der Waals surface area contributed by atoms with E-state index in [2.05, 4.69) is 0 Å².